The highest BCUT2D eigenvalue weighted by atomic mass is 32.2. The van der Waals surface area contributed by atoms with Crippen molar-refractivity contribution >= 4 is 23.5 Å². The summed E-state index contributed by atoms with van der Waals surface area (Å²) in [6.07, 6.45) is -0.413. The van der Waals surface area contributed by atoms with Gasteiger partial charge in [0.05, 0.1) is 17.8 Å². The van der Waals surface area contributed by atoms with E-state index in [9.17, 15) is 9.50 Å². The standard InChI is InChI=1S/C13H13FN2O2S2/c14-8-2-1-3-9(4-8)20-7-12-15-13(18-16-12)10-5-19-6-11(10)17/h1-4,10-11,17H,5-7H2. The van der Waals surface area contributed by atoms with E-state index in [1.165, 1.54) is 23.9 Å². The maximum atomic E-state index is 13.1. The number of benzene rings is 1. The average molecular weight is 312 g/mol. The molecule has 1 fully saturated rings. The van der Waals surface area contributed by atoms with Crippen molar-refractivity contribution in [3.05, 3.63) is 41.8 Å². The van der Waals surface area contributed by atoms with Crippen LogP contribution in [0.15, 0.2) is 33.7 Å². The van der Waals surface area contributed by atoms with Gasteiger partial charge in [-0.1, -0.05) is 11.2 Å². The summed E-state index contributed by atoms with van der Waals surface area (Å²) in [5.74, 6) is 2.77. The molecule has 2 unspecified atom stereocenters. The molecule has 0 bridgehead atoms. The quantitative estimate of drug-likeness (QED) is 0.876. The Kier molecular flexibility index (Phi) is 4.28. The normalized spacial score (nSPS) is 22.3. The fourth-order valence-corrected chi connectivity index (χ4v) is 3.97. The molecule has 20 heavy (non-hydrogen) atoms. The van der Waals surface area contributed by atoms with Crippen LogP contribution >= 0.6 is 23.5 Å². The molecular weight excluding hydrogens is 299 g/mol. The first-order valence-corrected chi connectivity index (χ1v) is 8.33. The Balaban J connectivity index is 1.63. The van der Waals surface area contributed by atoms with Crippen LogP contribution in [0.4, 0.5) is 4.39 Å². The van der Waals surface area contributed by atoms with Crippen molar-refractivity contribution in [1.29, 1.82) is 0 Å². The molecule has 1 aliphatic rings. The van der Waals surface area contributed by atoms with E-state index in [0.29, 0.717) is 23.2 Å². The fraction of sp³-hybridized carbons (Fsp3) is 0.385. The van der Waals surface area contributed by atoms with Crippen LogP contribution in [0.1, 0.15) is 17.6 Å². The Bertz CT molecular complexity index is 593. The van der Waals surface area contributed by atoms with Gasteiger partial charge in [-0.05, 0) is 18.2 Å². The summed E-state index contributed by atoms with van der Waals surface area (Å²) < 4.78 is 18.3. The molecule has 0 aliphatic carbocycles. The number of aliphatic hydroxyl groups excluding tert-OH is 1. The topological polar surface area (TPSA) is 59.2 Å². The minimum atomic E-state index is -0.413. The van der Waals surface area contributed by atoms with Gasteiger partial charge in [0.25, 0.3) is 0 Å². The zero-order valence-electron chi connectivity index (χ0n) is 10.5. The van der Waals surface area contributed by atoms with Gasteiger partial charge in [0.1, 0.15) is 5.82 Å². The van der Waals surface area contributed by atoms with Crippen molar-refractivity contribution in [2.24, 2.45) is 0 Å². The number of halogens is 1. The fourth-order valence-electron chi connectivity index (χ4n) is 1.96. The number of thioether (sulfide) groups is 2. The highest BCUT2D eigenvalue weighted by Crippen LogP contribution is 2.32. The monoisotopic (exact) mass is 312 g/mol. The molecule has 7 heteroatoms. The molecule has 1 aromatic heterocycles. The Morgan fingerprint density at radius 3 is 3.10 bits per heavy atom. The van der Waals surface area contributed by atoms with Crippen LogP contribution < -0.4 is 0 Å². The molecule has 2 atom stereocenters. The van der Waals surface area contributed by atoms with Crippen molar-refractivity contribution in [3.8, 4) is 0 Å². The molecule has 1 aromatic carbocycles. The molecule has 2 heterocycles. The Labute approximate surface area is 124 Å². The molecule has 0 amide bonds. The molecule has 106 valence electrons. The molecule has 1 aliphatic heterocycles. The van der Waals surface area contributed by atoms with Crippen molar-refractivity contribution in [3.63, 3.8) is 0 Å². The third kappa shape index (κ3) is 3.16. The van der Waals surface area contributed by atoms with Crippen LogP contribution in [0.25, 0.3) is 0 Å². The van der Waals surface area contributed by atoms with Gasteiger partial charge in [-0.25, -0.2) is 4.39 Å². The van der Waals surface area contributed by atoms with Crippen molar-refractivity contribution in [2.75, 3.05) is 11.5 Å². The summed E-state index contributed by atoms with van der Waals surface area (Å²) >= 11 is 3.13. The summed E-state index contributed by atoms with van der Waals surface area (Å²) in [4.78, 5) is 5.14. The molecule has 3 rings (SSSR count). The molecule has 1 N–H and O–H groups in total. The van der Waals surface area contributed by atoms with Crippen LogP contribution in [0.3, 0.4) is 0 Å². The van der Waals surface area contributed by atoms with Gasteiger partial charge in [0.2, 0.25) is 5.89 Å². The first kappa shape index (κ1) is 13.9. The van der Waals surface area contributed by atoms with Crippen LogP contribution in [0, 0.1) is 5.82 Å². The van der Waals surface area contributed by atoms with Gasteiger partial charge < -0.3 is 9.63 Å². The molecule has 0 spiro atoms. The molecule has 0 radical (unpaired) electrons. The van der Waals surface area contributed by atoms with Gasteiger partial charge in [-0.3, -0.25) is 0 Å². The van der Waals surface area contributed by atoms with Crippen LogP contribution in [-0.4, -0.2) is 32.9 Å². The molecule has 1 saturated heterocycles. The number of nitrogens with zero attached hydrogens (tertiary/aromatic N) is 2. The third-order valence-corrected chi connectivity index (χ3v) is 5.18. The van der Waals surface area contributed by atoms with Crippen molar-refractivity contribution in [2.45, 2.75) is 22.7 Å². The van der Waals surface area contributed by atoms with Gasteiger partial charge in [0, 0.05) is 16.4 Å². The van der Waals surface area contributed by atoms with Crippen LogP contribution in [0.5, 0.6) is 0 Å². The second-order valence-corrected chi connectivity index (χ2v) is 6.63. The van der Waals surface area contributed by atoms with Crippen molar-refractivity contribution < 1.29 is 14.0 Å². The largest absolute Gasteiger partial charge is 0.391 e. The van der Waals surface area contributed by atoms with E-state index in [4.69, 9.17) is 4.52 Å². The van der Waals surface area contributed by atoms with Gasteiger partial charge in [-0.15, -0.1) is 11.8 Å². The second kappa shape index (κ2) is 6.15. The summed E-state index contributed by atoms with van der Waals surface area (Å²) in [7, 11) is 0. The third-order valence-electron chi connectivity index (χ3n) is 3.02. The summed E-state index contributed by atoms with van der Waals surface area (Å²) in [6.45, 7) is 0. The Morgan fingerprint density at radius 2 is 2.35 bits per heavy atom. The van der Waals surface area contributed by atoms with E-state index in [-0.39, 0.29) is 11.7 Å². The zero-order valence-corrected chi connectivity index (χ0v) is 12.2. The SMILES string of the molecule is OC1CSCC1c1nc(CSc2cccc(F)c2)no1. The highest BCUT2D eigenvalue weighted by Gasteiger charge is 2.31. The van der Waals surface area contributed by atoms with E-state index >= 15 is 0 Å². The van der Waals surface area contributed by atoms with Gasteiger partial charge in [0.15, 0.2) is 5.82 Å². The molecular formula is C13H13FN2O2S2. The number of aromatic nitrogens is 2. The van der Waals surface area contributed by atoms with Gasteiger partial charge >= 0.3 is 0 Å². The van der Waals surface area contributed by atoms with Crippen LogP contribution in [-0.2, 0) is 5.75 Å². The summed E-state index contributed by atoms with van der Waals surface area (Å²) in [5.41, 5.74) is 0. The lowest BCUT2D eigenvalue weighted by molar-refractivity contribution is 0.164. The second-order valence-electron chi connectivity index (χ2n) is 4.51. The first-order valence-electron chi connectivity index (χ1n) is 6.19. The Hall–Kier alpha value is -1.05. The average Bonchev–Trinajstić information content (AvgIpc) is 3.05. The van der Waals surface area contributed by atoms with Crippen LogP contribution in [0.2, 0.25) is 0 Å². The molecule has 0 saturated carbocycles. The van der Waals surface area contributed by atoms with E-state index in [0.717, 1.165) is 10.6 Å². The molecule has 2 aromatic rings. The minimum Gasteiger partial charge on any atom is -0.391 e. The lowest BCUT2D eigenvalue weighted by Gasteiger charge is -2.06. The number of hydrogen-bond donors (Lipinski definition) is 1. The first-order chi connectivity index (χ1) is 9.72. The van der Waals surface area contributed by atoms with E-state index in [1.54, 1.807) is 17.8 Å². The van der Waals surface area contributed by atoms with E-state index in [1.807, 2.05) is 6.07 Å². The lowest BCUT2D eigenvalue weighted by Crippen LogP contribution is -2.15. The molecule has 4 nitrogen and oxygen atoms in total. The summed E-state index contributed by atoms with van der Waals surface area (Å²) in [5, 5.41) is 13.7. The predicted molar refractivity (Wildman–Crippen MR) is 76.3 cm³/mol. The number of aliphatic hydroxyl groups is 1. The number of hydrogen-bond acceptors (Lipinski definition) is 6. The van der Waals surface area contributed by atoms with E-state index in [2.05, 4.69) is 10.1 Å². The maximum Gasteiger partial charge on any atom is 0.233 e. The van der Waals surface area contributed by atoms with E-state index < -0.39 is 6.10 Å². The highest BCUT2D eigenvalue weighted by molar-refractivity contribution is 7.99. The Morgan fingerprint density at radius 1 is 1.45 bits per heavy atom. The lowest BCUT2D eigenvalue weighted by atomic mass is 10.1. The number of rotatable bonds is 4. The predicted octanol–water partition coefficient (Wildman–Crippen LogP) is 2.69. The minimum absolute atomic E-state index is 0.0691. The zero-order chi connectivity index (χ0) is 13.9. The maximum absolute atomic E-state index is 13.1. The smallest absolute Gasteiger partial charge is 0.233 e. The van der Waals surface area contributed by atoms with Crippen molar-refractivity contribution in [1.82, 2.24) is 10.1 Å². The van der Waals surface area contributed by atoms with Gasteiger partial charge in [-0.2, -0.15) is 16.7 Å². The summed E-state index contributed by atoms with van der Waals surface area (Å²) in [6, 6.07) is 6.40.